The van der Waals surface area contributed by atoms with E-state index in [9.17, 15) is 9.59 Å². The summed E-state index contributed by atoms with van der Waals surface area (Å²) >= 11 is 0. The van der Waals surface area contributed by atoms with Crippen LogP contribution in [0.2, 0.25) is 39.3 Å². The molecule has 0 radical (unpaired) electrons. The topological polar surface area (TPSA) is 51.5 Å². The smallest absolute Gasteiger partial charge is 0.859 e. The average Bonchev–Trinajstić information content (AvgIpc) is 2.87. The van der Waals surface area contributed by atoms with Gasteiger partial charge in [-0.2, -0.15) is 0 Å². The van der Waals surface area contributed by atoms with Crippen molar-refractivity contribution >= 4 is 62.7 Å². The molecule has 2 fully saturated rings. The summed E-state index contributed by atoms with van der Waals surface area (Å²) in [4.78, 5) is 20.5. The molecule has 0 aliphatic carbocycles. The molecule has 26 heavy (non-hydrogen) atoms. The maximum Gasteiger partial charge on any atom is 2.00 e. The minimum absolute atomic E-state index is 0. The van der Waals surface area contributed by atoms with Crippen LogP contribution in [0, 0.1) is 29.1 Å². The quantitative estimate of drug-likeness (QED) is 0.338. The molecular formula is C18H44Mg2O4Si2. The van der Waals surface area contributed by atoms with E-state index in [1.807, 2.05) is 0 Å². The third-order valence-electron chi connectivity index (χ3n) is 2.23. The maximum atomic E-state index is 10.2. The predicted octanol–water partition coefficient (Wildman–Crippen LogP) is 2.75. The van der Waals surface area contributed by atoms with Gasteiger partial charge in [0.05, 0.1) is 0 Å². The second-order valence-electron chi connectivity index (χ2n) is 7.68. The molecule has 0 unspecified atom stereocenters. The van der Waals surface area contributed by atoms with Gasteiger partial charge in [-0.25, -0.2) is 0 Å². The number of hydrogen-bond acceptors (Lipinski definition) is 2. The fraction of sp³-hybridized carbons (Fsp3) is 0.778. The number of rotatable bonds is 0. The summed E-state index contributed by atoms with van der Waals surface area (Å²) in [6, 6.07) is 0. The van der Waals surface area contributed by atoms with E-state index < -0.39 is 16.6 Å². The first-order chi connectivity index (χ1) is 9.79. The summed E-state index contributed by atoms with van der Waals surface area (Å²) in [5, 5.41) is 0. The van der Waals surface area contributed by atoms with Crippen molar-refractivity contribution in [3.8, 4) is 0 Å². The molecule has 0 aromatic carbocycles. The van der Waals surface area contributed by atoms with E-state index in [4.69, 9.17) is 0 Å². The Balaban J connectivity index is -0.0000000490. The maximum absolute atomic E-state index is 10.2. The summed E-state index contributed by atoms with van der Waals surface area (Å²) < 4.78 is 5.54. The van der Waals surface area contributed by atoms with Gasteiger partial charge in [-0.15, -0.1) is 0 Å². The van der Waals surface area contributed by atoms with Crippen molar-refractivity contribution in [3.05, 3.63) is 29.1 Å². The van der Waals surface area contributed by atoms with Crippen molar-refractivity contribution in [3.63, 3.8) is 0 Å². The first-order valence-electron chi connectivity index (χ1n) is 8.14. The van der Waals surface area contributed by atoms with Gasteiger partial charge in [-0.1, -0.05) is 70.1 Å². The van der Waals surface area contributed by atoms with Crippen molar-refractivity contribution in [2.24, 2.45) is 0 Å². The fourth-order valence-corrected chi connectivity index (χ4v) is 1.43. The average molecular weight is 429 g/mol. The zero-order valence-electron chi connectivity index (χ0n) is 19.1. The van der Waals surface area contributed by atoms with Crippen LogP contribution >= 0.6 is 0 Å². The molecule has 0 spiro atoms. The molecule has 2 rings (SSSR count). The van der Waals surface area contributed by atoms with Gasteiger partial charge in [0.25, 0.3) is 0 Å². The minimum Gasteiger partial charge on any atom is -0.859 e. The SMILES string of the molecule is C[Si](C)(C)[O-].C[Si](C)(C)[O-].[CH2-][O+]1CCCC1.[CH2-][O+]1CCCC1.[CH3-].[CH3-].[Mg+2].[Mg+2]. The van der Waals surface area contributed by atoms with Gasteiger partial charge in [0.1, 0.15) is 26.4 Å². The zero-order valence-corrected chi connectivity index (χ0v) is 23.9. The summed E-state index contributed by atoms with van der Waals surface area (Å²) in [7, 11) is 3.65. The third kappa shape index (κ3) is 63.6. The Kier molecular flexibility index (Phi) is 37.3. The standard InChI is InChI=1S/2C5H10O.2C3H9OSi.2CH3.2Mg/c2*1-6-4-2-3-5-6;2*1-5(2,3)4;;;;/h2*1-5H2;2*1-3H3;2*1H3;;/q;;4*-1;2*+2. The van der Waals surface area contributed by atoms with Gasteiger partial charge in [0.15, 0.2) is 0 Å². The summed E-state index contributed by atoms with van der Waals surface area (Å²) in [6.07, 6.45) is 5.25. The first-order valence-corrected chi connectivity index (χ1v) is 15.0. The molecule has 2 saturated heterocycles. The minimum atomic E-state index is -1.86. The summed E-state index contributed by atoms with van der Waals surface area (Å²) in [6.45, 7) is 15.1. The van der Waals surface area contributed by atoms with Crippen LogP contribution < -0.4 is 9.59 Å². The molecule has 0 aromatic heterocycles. The van der Waals surface area contributed by atoms with Crippen LogP contribution in [-0.4, -0.2) is 89.2 Å². The molecule has 0 atom stereocenters. The largest absolute Gasteiger partial charge is 2.00 e. The molecule has 0 aromatic rings. The molecular weight excluding hydrogens is 385 g/mol. The molecule has 2 aliphatic heterocycles. The van der Waals surface area contributed by atoms with Crippen LogP contribution in [0.4, 0.5) is 0 Å². The monoisotopic (exact) mass is 428 g/mol. The van der Waals surface area contributed by atoms with E-state index in [2.05, 4.69) is 23.0 Å². The molecule has 152 valence electrons. The van der Waals surface area contributed by atoms with E-state index in [0.717, 1.165) is 26.4 Å². The van der Waals surface area contributed by atoms with Crippen molar-refractivity contribution < 1.29 is 18.3 Å². The van der Waals surface area contributed by atoms with Crippen LogP contribution in [0.5, 0.6) is 0 Å². The normalized spacial score (nSPS) is 16.4. The summed E-state index contributed by atoms with van der Waals surface area (Å²) in [5.41, 5.74) is 0. The molecule has 8 heteroatoms. The van der Waals surface area contributed by atoms with Gasteiger partial charge in [-0.3, -0.25) is 0 Å². The molecule has 0 N–H and O–H groups in total. The van der Waals surface area contributed by atoms with E-state index in [1.54, 1.807) is 39.3 Å². The third-order valence-corrected chi connectivity index (χ3v) is 2.23. The van der Waals surface area contributed by atoms with E-state index in [-0.39, 0.29) is 61.0 Å². The fourth-order valence-electron chi connectivity index (χ4n) is 1.43. The van der Waals surface area contributed by atoms with Crippen molar-refractivity contribution in [1.82, 2.24) is 0 Å². The predicted molar refractivity (Wildman–Crippen MR) is 122 cm³/mol. The Bertz CT molecular complexity index is 211. The van der Waals surface area contributed by atoms with Crippen LogP contribution in [0.15, 0.2) is 0 Å². The Morgan fingerprint density at radius 2 is 0.692 bits per heavy atom. The van der Waals surface area contributed by atoms with Gasteiger partial charge in [0.2, 0.25) is 0 Å². The molecule has 2 aliphatic rings. The van der Waals surface area contributed by atoms with Crippen molar-refractivity contribution in [2.75, 3.05) is 26.4 Å². The van der Waals surface area contributed by atoms with Crippen LogP contribution in [0.1, 0.15) is 25.7 Å². The molecule has 2 heterocycles. The Morgan fingerprint density at radius 3 is 0.731 bits per heavy atom. The van der Waals surface area contributed by atoms with Gasteiger partial charge < -0.3 is 33.2 Å². The molecule has 0 amide bonds. The molecule has 4 nitrogen and oxygen atoms in total. The van der Waals surface area contributed by atoms with Gasteiger partial charge in [-0.05, 0) is 0 Å². The van der Waals surface area contributed by atoms with E-state index in [0.29, 0.717) is 0 Å². The Labute approximate surface area is 200 Å². The van der Waals surface area contributed by atoms with Gasteiger partial charge >= 0.3 is 46.1 Å². The number of hydrogen-bond donors (Lipinski definition) is 0. The van der Waals surface area contributed by atoms with Crippen LogP contribution in [0.25, 0.3) is 0 Å². The van der Waals surface area contributed by atoms with Crippen LogP contribution in [-0.2, 0) is 8.73 Å². The summed E-state index contributed by atoms with van der Waals surface area (Å²) in [5.74, 6) is 0. The molecule has 0 saturated carbocycles. The second kappa shape index (κ2) is 23.1. The van der Waals surface area contributed by atoms with Crippen LogP contribution in [0.3, 0.4) is 0 Å². The Morgan fingerprint density at radius 1 is 0.577 bits per heavy atom. The van der Waals surface area contributed by atoms with Crippen molar-refractivity contribution in [2.45, 2.75) is 65.0 Å². The van der Waals surface area contributed by atoms with E-state index in [1.165, 1.54) is 25.7 Å². The van der Waals surface area contributed by atoms with Gasteiger partial charge in [0, 0.05) is 25.7 Å². The second-order valence-corrected chi connectivity index (χ2v) is 16.1. The first kappa shape index (κ1) is 42.0. The van der Waals surface area contributed by atoms with E-state index >= 15 is 0 Å². The Hall–Kier alpha value is 1.81. The molecule has 0 bridgehead atoms. The van der Waals surface area contributed by atoms with Crippen molar-refractivity contribution in [1.29, 1.82) is 0 Å². The zero-order chi connectivity index (χ0) is 17.8.